The second kappa shape index (κ2) is 26.5. The lowest BCUT2D eigenvalue weighted by atomic mass is 9.77. The van der Waals surface area contributed by atoms with E-state index in [1.807, 2.05) is 32.8 Å². The lowest BCUT2D eigenvalue weighted by Crippen LogP contribution is -2.60. The smallest absolute Gasteiger partial charge is 0.414 e. The second-order valence-electron chi connectivity index (χ2n) is 23.6. The Kier molecular flexibility index (Phi) is 21.6. The molecule has 5 heterocycles. The van der Waals surface area contributed by atoms with Crippen LogP contribution in [0.1, 0.15) is 107 Å². The van der Waals surface area contributed by atoms with Crippen LogP contribution < -0.4 is 9.80 Å². The van der Waals surface area contributed by atoms with Gasteiger partial charge in [0.15, 0.2) is 12.6 Å². The lowest BCUT2D eigenvalue weighted by molar-refractivity contribution is -0.318. The molecule has 0 aliphatic carbocycles. The maximum atomic E-state index is 15.0. The van der Waals surface area contributed by atoms with Crippen molar-refractivity contribution >= 4 is 23.4 Å². The molecule has 0 radical (unpaired) electrons. The summed E-state index contributed by atoms with van der Waals surface area (Å²) >= 11 is 0. The molecule has 0 saturated carbocycles. The number of aromatic nitrogens is 3. The van der Waals surface area contributed by atoms with E-state index in [0.717, 1.165) is 0 Å². The van der Waals surface area contributed by atoms with E-state index in [1.54, 1.807) is 83.4 Å². The van der Waals surface area contributed by atoms with Gasteiger partial charge in [-0.05, 0) is 125 Å². The van der Waals surface area contributed by atoms with Crippen molar-refractivity contribution in [2.75, 3.05) is 70.8 Å². The third-order valence-electron chi connectivity index (χ3n) is 17.0. The van der Waals surface area contributed by atoms with E-state index in [1.165, 1.54) is 25.0 Å². The summed E-state index contributed by atoms with van der Waals surface area (Å²) in [5.74, 6) is -3.40. The predicted octanol–water partition coefficient (Wildman–Crippen LogP) is 3.09. The molecule has 6 N–H and O–H groups in total. The SMILES string of the molecule is CC[C@H]1OC(=O)[C@H](C)[C@@H](O[C@H]2C[C@@](C)(OC)[C@@H](O)[C@H](C)O2)[C@H](C)[C@@H](O[C@@H]2O[C@H](C)C[C@H](N(C)CCCc3cn(C[C@H]4CN(c5ccc(N(C)CCO)c(F)c5)C(=O)O4)nn3)[C@H]2O)[C@](C)(O)C[C@@H](C)CN(C)[C@H](C)[C@@H](O)[C@]1(C)O. The van der Waals surface area contributed by atoms with E-state index in [2.05, 4.69) is 15.2 Å². The maximum Gasteiger partial charge on any atom is 0.414 e. The van der Waals surface area contributed by atoms with Crippen molar-refractivity contribution in [2.24, 2.45) is 17.8 Å². The Bertz CT molecular complexity index is 2260. The fraction of sp³-hybridized carbons (Fsp3) is 0.818. The third-order valence-corrected chi connectivity index (χ3v) is 17.0. The van der Waals surface area contributed by atoms with E-state index in [9.17, 15) is 44.6 Å². The third kappa shape index (κ3) is 14.7. The molecule has 1 amide bonds. The zero-order valence-corrected chi connectivity index (χ0v) is 48.4. The topological polar surface area (TPSA) is 264 Å². The molecule has 0 unspecified atom stereocenters. The fourth-order valence-corrected chi connectivity index (χ4v) is 12.2. The molecule has 1 aromatic heterocycles. The Morgan fingerprint density at radius 3 is 2.29 bits per heavy atom. The number of amides is 1. The minimum atomic E-state index is -1.85. The first-order valence-corrected chi connectivity index (χ1v) is 27.8. The number of rotatable bonds is 17. The van der Waals surface area contributed by atoms with Crippen molar-refractivity contribution in [3.05, 3.63) is 35.9 Å². The van der Waals surface area contributed by atoms with Crippen LogP contribution in [0.15, 0.2) is 24.4 Å². The van der Waals surface area contributed by atoms with Crippen LogP contribution in [-0.4, -0.2) is 225 Å². The van der Waals surface area contributed by atoms with Gasteiger partial charge in [0.1, 0.15) is 41.9 Å². The minimum Gasteiger partial charge on any atom is -0.459 e. The quantitative estimate of drug-likeness (QED) is 0.124. The van der Waals surface area contributed by atoms with Crippen molar-refractivity contribution in [2.45, 2.75) is 211 Å². The zero-order chi connectivity index (χ0) is 57.8. The second-order valence-corrected chi connectivity index (χ2v) is 23.6. The molecule has 23 heteroatoms. The number of aryl methyl sites for hydroxylation is 1. The van der Waals surface area contributed by atoms with Gasteiger partial charge in [-0.1, -0.05) is 26.0 Å². The van der Waals surface area contributed by atoms with Crippen molar-refractivity contribution in [3.8, 4) is 0 Å². The monoisotopic (exact) mass is 1110 g/mol. The summed E-state index contributed by atoms with van der Waals surface area (Å²) in [6.07, 6.45) is -7.55. The molecule has 19 atom stereocenters. The fourth-order valence-electron chi connectivity index (χ4n) is 12.2. The molecule has 4 aliphatic heterocycles. The van der Waals surface area contributed by atoms with Crippen LogP contribution in [0.4, 0.5) is 20.6 Å². The van der Waals surface area contributed by atoms with Crippen LogP contribution in [0.2, 0.25) is 0 Å². The van der Waals surface area contributed by atoms with Gasteiger partial charge in [0.2, 0.25) is 0 Å². The highest BCUT2D eigenvalue weighted by atomic mass is 19.1. The summed E-state index contributed by atoms with van der Waals surface area (Å²) in [4.78, 5) is 34.3. The molecule has 0 bridgehead atoms. The van der Waals surface area contributed by atoms with E-state index < -0.39 is 120 Å². The number of aliphatic hydroxyl groups excluding tert-OH is 4. The van der Waals surface area contributed by atoms with Crippen molar-refractivity contribution in [1.29, 1.82) is 0 Å². The van der Waals surface area contributed by atoms with Crippen LogP contribution in [-0.2, 0) is 50.9 Å². The number of anilines is 2. The Hall–Kier alpha value is -3.69. The number of carbonyl (C=O) groups excluding carboxylic acids is 2. The number of hydrogen-bond donors (Lipinski definition) is 6. The number of esters is 1. The zero-order valence-electron chi connectivity index (χ0n) is 48.4. The molecule has 4 fully saturated rings. The maximum absolute atomic E-state index is 15.0. The summed E-state index contributed by atoms with van der Waals surface area (Å²) in [5.41, 5.74) is -3.22. The molecule has 4 saturated heterocycles. The summed E-state index contributed by atoms with van der Waals surface area (Å²) in [6, 6.07) is 3.44. The van der Waals surface area contributed by atoms with Crippen LogP contribution in [0.25, 0.3) is 0 Å². The first-order chi connectivity index (χ1) is 36.5. The van der Waals surface area contributed by atoms with Crippen molar-refractivity contribution in [1.82, 2.24) is 24.8 Å². The number of cyclic esters (lactones) is 2. The number of halogens is 1. The van der Waals surface area contributed by atoms with Crippen molar-refractivity contribution in [3.63, 3.8) is 0 Å². The number of carbonyl (C=O) groups is 2. The van der Waals surface area contributed by atoms with E-state index >= 15 is 0 Å². The van der Waals surface area contributed by atoms with Crippen LogP contribution in [0.5, 0.6) is 0 Å². The van der Waals surface area contributed by atoms with Crippen LogP contribution >= 0.6 is 0 Å². The predicted molar refractivity (Wildman–Crippen MR) is 286 cm³/mol. The Morgan fingerprint density at radius 1 is 0.936 bits per heavy atom. The van der Waals surface area contributed by atoms with Crippen molar-refractivity contribution < 1.29 is 77.8 Å². The molecule has 0 spiro atoms. The standard InChI is InChI=1S/C55H92FN7O15/c1-15-43-55(10,71)47(66)35(6)61(13)27-31(2)25-53(8,70)49(33(4)46(34(5)50(68)76-43)77-44-26-54(9,72-14)48(67)36(7)74-44)78-51-45(65)42(23-32(3)73-51)59(11)20-16-17-37-28-62(58-57-37)29-39-30-63(52(69)75-39)38-18-19-41(40(56)24-38)60(12)21-22-64/h18-19,24,28,31-36,39,42-49,51,64-67,70-71H,15-17,20-23,25-27,29-30H2,1-14H3/t31-,32-,33+,34-,35-,36+,39+,42+,43-,44+,45-,46+,47-,48+,49-,51+,53-,54-,55-/m1/s1. The van der Waals surface area contributed by atoms with Gasteiger partial charge in [0.05, 0.1) is 78.3 Å². The number of benzene rings is 1. The van der Waals surface area contributed by atoms with Crippen LogP contribution in [0, 0.1) is 23.6 Å². The Labute approximate surface area is 460 Å². The van der Waals surface area contributed by atoms with Gasteiger partial charge >= 0.3 is 12.1 Å². The first-order valence-electron chi connectivity index (χ1n) is 27.8. The summed E-state index contributed by atoms with van der Waals surface area (Å²) in [7, 11) is 6.91. The van der Waals surface area contributed by atoms with Gasteiger partial charge in [-0.3, -0.25) is 9.69 Å². The highest BCUT2D eigenvalue weighted by molar-refractivity contribution is 5.90. The average Bonchev–Trinajstić information content (AvgIpc) is 3.99. The highest BCUT2D eigenvalue weighted by Crippen LogP contribution is 2.41. The Morgan fingerprint density at radius 2 is 1.64 bits per heavy atom. The highest BCUT2D eigenvalue weighted by Gasteiger charge is 2.53. The van der Waals surface area contributed by atoms with Gasteiger partial charge in [0, 0.05) is 57.9 Å². The number of nitrogens with zero attached hydrogens (tertiary/aromatic N) is 7. The van der Waals surface area contributed by atoms with Gasteiger partial charge in [-0.2, -0.15) is 0 Å². The van der Waals surface area contributed by atoms with E-state index in [0.29, 0.717) is 49.4 Å². The number of ether oxygens (including phenoxy) is 7. The van der Waals surface area contributed by atoms with E-state index in [-0.39, 0.29) is 57.5 Å². The van der Waals surface area contributed by atoms with Crippen LogP contribution in [0.3, 0.4) is 0 Å². The number of likely N-dealkylation sites (N-methyl/N-ethyl adjacent to an activating group) is 3. The summed E-state index contributed by atoms with van der Waals surface area (Å²) in [5, 5.41) is 77.7. The number of aliphatic hydroxyl groups is 6. The molecule has 2 aromatic rings. The molecule has 6 rings (SSSR count). The first kappa shape index (κ1) is 63.5. The summed E-state index contributed by atoms with van der Waals surface area (Å²) < 4.78 is 60.5. The molecule has 1 aromatic carbocycles. The number of methoxy groups -OCH3 is 1. The molecule has 4 aliphatic rings. The van der Waals surface area contributed by atoms with Gasteiger partial charge < -0.3 is 78.5 Å². The van der Waals surface area contributed by atoms with E-state index in [4.69, 9.17) is 33.2 Å². The molecular weight excluding hydrogens is 1020 g/mol. The molecule has 444 valence electrons. The number of hydrogen-bond acceptors (Lipinski definition) is 20. The minimum absolute atomic E-state index is 0.0828. The molecule has 78 heavy (non-hydrogen) atoms. The average molecular weight is 1110 g/mol. The van der Waals surface area contributed by atoms with Gasteiger partial charge in [-0.15, -0.1) is 5.10 Å². The normalized spacial score (nSPS) is 38.9. The van der Waals surface area contributed by atoms with Gasteiger partial charge in [0.25, 0.3) is 0 Å². The van der Waals surface area contributed by atoms with Gasteiger partial charge in [-0.25, -0.2) is 13.9 Å². The lowest BCUT2D eigenvalue weighted by Gasteiger charge is -2.49. The largest absolute Gasteiger partial charge is 0.459 e. The summed E-state index contributed by atoms with van der Waals surface area (Å²) in [6.45, 7) is 18.9. The molecular formula is C55H92FN7O15. The Balaban J connectivity index is 1.18. The molecule has 22 nitrogen and oxygen atoms in total.